The molecule has 2 amide bonds. The van der Waals surface area contributed by atoms with E-state index in [1.807, 2.05) is 42.8 Å². The van der Waals surface area contributed by atoms with E-state index in [2.05, 4.69) is 10.3 Å². The van der Waals surface area contributed by atoms with Gasteiger partial charge in [0.15, 0.2) is 5.58 Å². The predicted molar refractivity (Wildman–Crippen MR) is 158 cm³/mol. The fraction of sp³-hybridized carbons (Fsp3) is 0.531. The van der Waals surface area contributed by atoms with E-state index in [-0.39, 0.29) is 56.7 Å². The topological polar surface area (TPSA) is 144 Å². The number of aromatic nitrogens is 2. The summed E-state index contributed by atoms with van der Waals surface area (Å²) in [5.41, 5.74) is 2.91. The number of ketones is 1. The number of benzene rings is 1. The fourth-order valence-electron chi connectivity index (χ4n) is 6.48. The minimum absolute atomic E-state index is 0.0292. The van der Waals surface area contributed by atoms with Crippen molar-refractivity contribution >= 4 is 34.7 Å². The Morgan fingerprint density at radius 2 is 2.05 bits per heavy atom. The maximum atomic E-state index is 14.2. The molecule has 2 aliphatic rings. The molecule has 44 heavy (non-hydrogen) atoms. The van der Waals surface area contributed by atoms with Crippen LogP contribution in [0, 0.1) is 11.8 Å². The van der Waals surface area contributed by atoms with Gasteiger partial charge in [0.05, 0.1) is 25.0 Å². The molecule has 0 bridgehead atoms. The third kappa shape index (κ3) is 6.54. The van der Waals surface area contributed by atoms with Crippen LogP contribution in [0.1, 0.15) is 56.2 Å². The number of aryl methyl sites for hydroxylation is 1. The highest BCUT2D eigenvalue weighted by molar-refractivity contribution is 5.93. The van der Waals surface area contributed by atoms with Crippen LogP contribution in [0.15, 0.2) is 40.9 Å². The van der Waals surface area contributed by atoms with Crippen molar-refractivity contribution in [1.82, 2.24) is 19.8 Å². The number of Topliss-reactive ketones (excluding diaryl/α,β-unsaturated/α-hetero) is 1. The van der Waals surface area contributed by atoms with Crippen LogP contribution in [0.4, 0.5) is 4.39 Å². The predicted octanol–water partition coefficient (Wildman–Crippen LogP) is 3.29. The van der Waals surface area contributed by atoms with Crippen molar-refractivity contribution in [2.24, 2.45) is 11.8 Å². The van der Waals surface area contributed by atoms with Crippen LogP contribution in [-0.4, -0.2) is 81.6 Å². The van der Waals surface area contributed by atoms with E-state index in [0.29, 0.717) is 30.4 Å². The molecule has 3 unspecified atom stereocenters. The Balaban J connectivity index is 1.40. The molecule has 0 fully saturated rings. The van der Waals surface area contributed by atoms with Gasteiger partial charge in [-0.2, -0.15) is 0 Å². The number of carboxylic acids is 1. The van der Waals surface area contributed by atoms with Gasteiger partial charge in [0.25, 0.3) is 0 Å². The zero-order valence-corrected chi connectivity index (χ0v) is 25.0. The first-order chi connectivity index (χ1) is 21.2. The Hall–Kier alpha value is -4.06. The van der Waals surface area contributed by atoms with E-state index < -0.39 is 48.4 Å². The number of ether oxygens (including phenoxy) is 1. The molecular formula is C32H39FN4O7. The smallest absolute Gasteiger partial charge is 0.308 e. The van der Waals surface area contributed by atoms with Crippen LogP contribution < -0.4 is 5.32 Å². The third-order valence-electron chi connectivity index (χ3n) is 8.85. The minimum Gasteiger partial charge on any atom is -0.481 e. The average Bonchev–Trinajstić information content (AvgIpc) is 3.56. The van der Waals surface area contributed by atoms with Crippen molar-refractivity contribution in [2.45, 2.75) is 70.5 Å². The molecule has 0 radical (unpaired) electrons. The summed E-state index contributed by atoms with van der Waals surface area (Å²) in [5, 5.41) is 12.8. The molecule has 5 rings (SSSR count). The van der Waals surface area contributed by atoms with E-state index in [9.17, 15) is 28.7 Å². The van der Waals surface area contributed by atoms with Crippen LogP contribution in [0.2, 0.25) is 0 Å². The molecular weight excluding hydrogens is 571 g/mol. The van der Waals surface area contributed by atoms with Gasteiger partial charge in [-0.25, -0.2) is 9.37 Å². The maximum Gasteiger partial charge on any atom is 0.308 e. The number of hydrogen-bond donors (Lipinski definition) is 2. The number of alkyl halides is 1. The molecule has 2 aromatic heterocycles. The highest BCUT2D eigenvalue weighted by Gasteiger charge is 2.44. The first kappa shape index (κ1) is 31.4. The Morgan fingerprint density at radius 1 is 1.25 bits per heavy atom. The number of carbonyl (C=O) groups is 4. The average molecular weight is 611 g/mol. The summed E-state index contributed by atoms with van der Waals surface area (Å²) in [6, 6.07) is 7.61. The van der Waals surface area contributed by atoms with Crippen LogP contribution in [0.3, 0.4) is 0 Å². The van der Waals surface area contributed by atoms with Crippen LogP contribution in [-0.2, 0) is 43.3 Å². The summed E-state index contributed by atoms with van der Waals surface area (Å²) in [6.07, 6.45) is 3.22. The minimum atomic E-state index is -1.03. The second-order valence-corrected chi connectivity index (χ2v) is 11.7. The van der Waals surface area contributed by atoms with Gasteiger partial charge in [0, 0.05) is 37.4 Å². The normalized spacial score (nSPS) is 20.9. The zero-order valence-electron chi connectivity index (χ0n) is 25.0. The fourth-order valence-corrected chi connectivity index (χ4v) is 6.48. The summed E-state index contributed by atoms with van der Waals surface area (Å²) in [5.74, 6) is -3.64. The van der Waals surface area contributed by atoms with Gasteiger partial charge in [-0.3, -0.25) is 19.2 Å². The van der Waals surface area contributed by atoms with Crippen molar-refractivity contribution < 1.29 is 37.8 Å². The maximum absolute atomic E-state index is 14.2. The Morgan fingerprint density at radius 3 is 2.77 bits per heavy atom. The lowest BCUT2D eigenvalue weighted by molar-refractivity contribution is -0.144. The molecule has 0 saturated carbocycles. The van der Waals surface area contributed by atoms with Gasteiger partial charge in [-0.15, -0.1) is 0 Å². The highest BCUT2D eigenvalue weighted by Crippen LogP contribution is 2.38. The first-order valence-corrected chi connectivity index (χ1v) is 15.2. The number of para-hydroxylation sites is 2. The van der Waals surface area contributed by atoms with Crippen molar-refractivity contribution in [2.75, 3.05) is 26.4 Å². The van der Waals surface area contributed by atoms with E-state index >= 15 is 0 Å². The summed E-state index contributed by atoms with van der Waals surface area (Å²) in [7, 11) is 0. The summed E-state index contributed by atoms with van der Waals surface area (Å²) in [6.45, 7) is 3.27. The van der Waals surface area contributed by atoms with Crippen molar-refractivity contribution in [3.8, 4) is 0 Å². The number of fused-ring (bicyclic) bond motifs is 1. The first-order valence-electron chi connectivity index (χ1n) is 15.2. The molecule has 1 aliphatic heterocycles. The molecule has 11 nitrogen and oxygen atoms in total. The molecule has 3 heterocycles. The van der Waals surface area contributed by atoms with Crippen molar-refractivity contribution in [3.05, 3.63) is 53.7 Å². The largest absolute Gasteiger partial charge is 0.481 e. The monoisotopic (exact) mass is 610 g/mol. The van der Waals surface area contributed by atoms with Crippen molar-refractivity contribution in [3.63, 3.8) is 0 Å². The summed E-state index contributed by atoms with van der Waals surface area (Å²) in [4.78, 5) is 59.2. The van der Waals surface area contributed by atoms with Gasteiger partial charge in [0.1, 0.15) is 30.4 Å². The molecule has 0 spiro atoms. The number of rotatable bonds is 13. The molecule has 12 heteroatoms. The van der Waals surface area contributed by atoms with E-state index in [0.717, 1.165) is 11.3 Å². The van der Waals surface area contributed by atoms with Crippen LogP contribution >= 0.6 is 0 Å². The van der Waals surface area contributed by atoms with Gasteiger partial charge >= 0.3 is 5.97 Å². The number of oxazole rings is 1. The van der Waals surface area contributed by atoms with E-state index in [1.54, 1.807) is 12.1 Å². The molecule has 236 valence electrons. The lowest BCUT2D eigenvalue weighted by Crippen LogP contribution is -2.57. The standard InChI is InChI=1S/C32H39FN4O7/c1-3-19(2)29(37(13-15-43-14-11-33)27(39)17-26-34-22-6-4-5-7-25(22)44-26)31(40)35-23-9-8-20-10-12-36-18-21(32(41)42)16-24(38)28(23)30(20)36/h4-7,10,12,19,21,23,28-29H,3,8-9,11,13-18H2,1-2H3,(H,35,40)(H,41,42)/t19?,21-,23-,28?,29?/m0/s1. The number of carbonyl (C=O) groups excluding carboxylic acids is 3. The van der Waals surface area contributed by atoms with Gasteiger partial charge < -0.3 is 29.0 Å². The lowest BCUT2D eigenvalue weighted by atomic mass is 9.79. The highest BCUT2D eigenvalue weighted by atomic mass is 19.1. The molecule has 2 N–H and O–H groups in total. The third-order valence-corrected chi connectivity index (χ3v) is 8.85. The number of nitrogens with zero attached hydrogens (tertiary/aromatic N) is 3. The van der Waals surface area contributed by atoms with Gasteiger partial charge in [-0.1, -0.05) is 32.4 Å². The SMILES string of the molecule is CCC(C)C(C(=O)N[C@H]1CCc2ccn3c2C1C(=O)C[C@H](C(=O)O)C3)N(CCOCCF)C(=O)Cc1nc2ccccc2o1. The number of nitrogens with one attached hydrogen (secondary N) is 1. The second kappa shape index (κ2) is 13.7. The molecule has 0 saturated heterocycles. The molecule has 1 aliphatic carbocycles. The number of amides is 2. The van der Waals surface area contributed by atoms with Crippen LogP contribution in [0.5, 0.6) is 0 Å². The van der Waals surface area contributed by atoms with Gasteiger partial charge in [-0.05, 0) is 42.5 Å². The number of aliphatic carboxylic acids is 1. The Bertz CT molecular complexity index is 1480. The molecule has 3 aromatic rings. The van der Waals surface area contributed by atoms with Gasteiger partial charge in [0.2, 0.25) is 17.7 Å². The quantitative estimate of drug-likeness (QED) is 0.281. The van der Waals surface area contributed by atoms with E-state index in [4.69, 9.17) is 9.15 Å². The molecule has 1 aromatic carbocycles. The van der Waals surface area contributed by atoms with Crippen molar-refractivity contribution in [1.29, 1.82) is 0 Å². The number of hydrogen-bond acceptors (Lipinski definition) is 7. The Labute approximate surface area is 254 Å². The summed E-state index contributed by atoms with van der Waals surface area (Å²) >= 11 is 0. The number of halogens is 1. The second-order valence-electron chi connectivity index (χ2n) is 11.7. The number of carboxylic acid groups (broad SMARTS) is 1. The Kier molecular flexibility index (Phi) is 9.77. The van der Waals surface area contributed by atoms with Crippen LogP contribution in [0.25, 0.3) is 11.1 Å². The summed E-state index contributed by atoms with van der Waals surface area (Å²) < 4.78 is 25.7. The lowest BCUT2D eigenvalue weighted by Gasteiger charge is -2.37. The van der Waals surface area contributed by atoms with E-state index in [1.165, 1.54) is 4.90 Å². The molecule has 5 atom stereocenters. The zero-order chi connectivity index (χ0) is 31.4.